The molecule has 3 rings (SSSR count). The van der Waals surface area contributed by atoms with E-state index in [1.54, 1.807) is 0 Å². The highest BCUT2D eigenvalue weighted by molar-refractivity contribution is 7.10. The fraction of sp³-hybridized carbons (Fsp3) is 0.545. The molecule has 0 radical (unpaired) electrons. The van der Waals surface area contributed by atoms with Crippen molar-refractivity contribution in [1.82, 2.24) is 0 Å². The molecule has 2 atom stereocenters. The van der Waals surface area contributed by atoms with Crippen molar-refractivity contribution in [2.75, 3.05) is 13.2 Å². The molecular weight excluding hydrogens is 362 g/mol. The predicted molar refractivity (Wildman–Crippen MR) is 111 cm³/mol. The van der Waals surface area contributed by atoms with Gasteiger partial charge in [0.25, 0.3) is 0 Å². The van der Waals surface area contributed by atoms with E-state index in [1.165, 1.54) is 16.9 Å². The van der Waals surface area contributed by atoms with E-state index < -0.39 is 0 Å². The zero-order valence-corrected chi connectivity index (χ0v) is 17.7. The maximum atomic E-state index is 6.49. The van der Waals surface area contributed by atoms with Gasteiger partial charge in [-0.25, -0.2) is 0 Å². The van der Waals surface area contributed by atoms with Crippen molar-refractivity contribution < 1.29 is 10.1 Å². The van der Waals surface area contributed by atoms with Crippen LogP contribution in [0.1, 0.15) is 56.5 Å². The van der Waals surface area contributed by atoms with Crippen LogP contribution in [0, 0.1) is 5.41 Å². The molecule has 1 aliphatic rings. The molecule has 2 heterocycles. The van der Waals surface area contributed by atoms with Crippen LogP contribution in [0.5, 0.6) is 0 Å². The van der Waals surface area contributed by atoms with Gasteiger partial charge in [-0.3, -0.25) is 0 Å². The van der Waals surface area contributed by atoms with Crippen molar-refractivity contribution in [2.45, 2.75) is 58.1 Å². The van der Waals surface area contributed by atoms with Gasteiger partial charge in [0.05, 0.1) is 17.0 Å². The summed E-state index contributed by atoms with van der Waals surface area (Å²) in [5.74, 6) is 0. The minimum atomic E-state index is -0.0567. The van der Waals surface area contributed by atoms with E-state index in [2.05, 4.69) is 55.7 Å². The molecule has 0 spiro atoms. The number of halogens is 1. The highest BCUT2D eigenvalue weighted by Gasteiger charge is 2.41. The number of hydrogen-bond acceptors (Lipinski definition) is 2. The minimum Gasteiger partial charge on any atom is -0.376 e. The van der Waals surface area contributed by atoms with E-state index in [0.29, 0.717) is 6.04 Å². The van der Waals surface area contributed by atoms with Crippen LogP contribution in [-0.4, -0.2) is 18.8 Å². The number of quaternary nitrogens is 1. The molecule has 2 N–H and O–H groups in total. The Morgan fingerprint density at radius 2 is 2.04 bits per heavy atom. The number of thiophene rings is 1. The normalized spacial score (nSPS) is 23.7. The van der Waals surface area contributed by atoms with Gasteiger partial charge >= 0.3 is 0 Å². The Balaban J connectivity index is 1.70. The topological polar surface area (TPSA) is 25.8 Å². The van der Waals surface area contributed by atoms with E-state index in [9.17, 15) is 0 Å². The molecule has 1 aliphatic heterocycles. The van der Waals surface area contributed by atoms with Crippen LogP contribution in [0.4, 0.5) is 0 Å². The van der Waals surface area contributed by atoms with Gasteiger partial charge in [-0.1, -0.05) is 35.9 Å². The van der Waals surface area contributed by atoms with E-state index in [0.717, 1.165) is 37.4 Å². The number of ether oxygens (including phenoxy) is 1. The van der Waals surface area contributed by atoms with E-state index in [-0.39, 0.29) is 11.0 Å². The lowest BCUT2D eigenvalue weighted by atomic mass is 9.68. The molecule has 0 aliphatic carbocycles. The molecule has 26 heavy (non-hydrogen) atoms. The van der Waals surface area contributed by atoms with Crippen LogP contribution >= 0.6 is 22.9 Å². The molecule has 1 aromatic carbocycles. The third-order valence-corrected chi connectivity index (χ3v) is 7.08. The zero-order valence-electron chi connectivity index (χ0n) is 16.1. The quantitative estimate of drug-likeness (QED) is 0.685. The van der Waals surface area contributed by atoms with Crippen LogP contribution in [-0.2, 0) is 11.2 Å². The second kappa shape index (κ2) is 8.43. The smallest absolute Gasteiger partial charge is 0.118 e. The lowest BCUT2D eigenvalue weighted by Gasteiger charge is -2.45. The first kappa shape index (κ1) is 19.9. The van der Waals surface area contributed by atoms with Gasteiger partial charge in [0, 0.05) is 18.1 Å². The molecule has 0 saturated carbocycles. The van der Waals surface area contributed by atoms with Gasteiger partial charge < -0.3 is 10.1 Å². The second-order valence-electron chi connectivity index (χ2n) is 8.38. The van der Waals surface area contributed by atoms with Crippen LogP contribution in [0.25, 0.3) is 0 Å². The van der Waals surface area contributed by atoms with Crippen molar-refractivity contribution in [3.05, 3.63) is 57.2 Å². The Bertz CT molecular complexity index is 700. The molecule has 0 amide bonds. The maximum Gasteiger partial charge on any atom is 0.118 e. The minimum absolute atomic E-state index is 0.0567. The summed E-state index contributed by atoms with van der Waals surface area (Å²) in [7, 11) is 0. The summed E-state index contributed by atoms with van der Waals surface area (Å²) >= 11 is 8.34. The number of nitrogens with two attached hydrogens (primary N) is 1. The fourth-order valence-electron chi connectivity index (χ4n) is 4.39. The second-order valence-corrected chi connectivity index (χ2v) is 9.77. The summed E-state index contributed by atoms with van der Waals surface area (Å²) in [5.41, 5.74) is 1.48. The summed E-state index contributed by atoms with van der Waals surface area (Å²) in [6.45, 7) is 8.75. The van der Waals surface area contributed by atoms with Gasteiger partial charge in [-0.15, -0.1) is 11.3 Å². The molecule has 142 valence electrons. The Morgan fingerprint density at radius 3 is 2.73 bits per heavy atom. The molecule has 2 aromatic rings. The first-order chi connectivity index (χ1) is 12.4. The Labute approximate surface area is 166 Å². The highest BCUT2D eigenvalue weighted by atomic mass is 35.5. The van der Waals surface area contributed by atoms with Crippen molar-refractivity contribution in [3.63, 3.8) is 0 Å². The van der Waals surface area contributed by atoms with Gasteiger partial charge in [-0.2, -0.15) is 0 Å². The SMILES string of the molecule is C[C@H]([NH2+]CC[C@@]1(Cc2ccccc2Cl)CCOC(C)(C)C1)c1cccs1. The number of hydrogen-bond donors (Lipinski definition) is 1. The van der Waals surface area contributed by atoms with Crippen LogP contribution < -0.4 is 5.32 Å². The number of rotatable bonds is 7. The van der Waals surface area contributed by atoms with Crippen molar-refractivity contribution in [2.24, 2.45) is 5.41 Å². The van der Waals surface area contributed by atoms with Crippen LogP contribution in [0.15, 0.2) is 41.8 Å². The number of benzene rings is 1. The molecule has 1 aromatic heterocycles. The summed E-state index contributed by atoms with van der Waals surface area (Å²) in [6.07, 6.45) is 4.44. The monoisotopic (exact) mass is 392 g/mol. The predicted octanol–water partition coefficient (Wildman–Crippen LogP) is 5.23. The van der Waals surface area contributed by atoms with Crippen LogP contribution in [0.2, 0.25) is 5.02 Å². The Kier molecular flexibility index (Phi) is 6.45. The molecular formula is C22H31ClNOS+. The molecule has 1 saturated heterocycles. The fourth-order valence-corrected chi connectivity index (χ4v) is 5.38. The van der Waals surface area contributed by atoms with Gasteiger partial charge in [0.15, 0.2) is 0 Å². The van der Waals surface area contributed by atoms with Gasteiger partial charge in [0.1, 0.15) is 6.04 Å². The molecule has 0 bridgehead atoms. The van der Waals surface area contributed by atoms with Gasteiger partial charge in [0.2, 0.25) is 0 Å². The summed E-state index contributed by atoms with van der Waals surface area (Å²) in [6, 6.07) is 13.2. The van der Waals surface area contributed by atoms with Crippen LogP contribution in [0.3, 0.4) is 0 Å². The molecule has 4 heteroatoms. The van der Waals surface area contributed by atoms with E-state index >= 15 is 0 Å². The van der Waals surface area contributed by atoms with Crippen molar-refractivity contribution >= 4 is 22.9 Å². The van der Waals surface area contributed by atoms with E-state index in [4.69, 9.17) is 16.3 Å². The standard InChI is InChI=1S/C22H30ClNOS/c1-17(20-9-6-14-26-20)24-12-10-22(11-13-25-21(2,3)16-22)15-18-7-4-5-8-19(18)23/h4-9,14,17,24H,10-13,15-16H2,1-3H3/p+1/t17-,22-/m0/s1. The summed E-state index contributed by atoms with van der Waals surface area (Å²) in [5, 5.41) is 5.55. The summed E-state index contributed by atoms with van der Waals surface area (Å²) in [4.78, 5) is 1.46. The first-order valence-electron chi connectivity index (χ1n) is 9.63. The van der Waals surface area contributed by atoms with Gasteiger partial charge in [-0.05, 0) is 68.5 Å². The Hall–Kier alpha value is -0.870. The third kappa shape index (κ3) is 5.10. The average Bonchev–Trinajstić information content (AvgIpc) is 3.11. The Morgan fingerprint density at radius 1 is 1.23 bits per heavy atom. The molecule has 2 nitrogen and oxygen atoms in total. The first-order valence-corrected chi connectivity index (χ1v) is 10.9. The summed E-state index contributed by atoms with van der Waals surface area (Å²) < 4.78 is 6.03. The van der Waals surface area contributed by atoms with Crippen molar-refractivity contribution in [3.8, 4) is 0 Å². The molecule has 0 unspecified atom stereocenters. The maximum absolute atomic E-state index is 6.49. The third-order valence-electron chi connectivity index (χ3n) is 5.64. The lowest BCUT2D eigenvalue weighted by Crippen LogP contribution is -2.85. The largest absolute Gasteiger partial charge is 0.376 e. The van der Waals surface area contributed by atoms with Crippen molar-refractivity contribution in [1.29, 1.82) is 0 Å². The molecule has 1 fully saturated rings. The average molecular weight is 393 g/mol. The highest BCUT2D eigenvalue weighted by Crippen LogP contribution is 2.44. The van der Waals surface area contributed by atoms with E-state index in [1.807, 2.05) is 23.5 Å². The zero-order chi connectivity index (χ0) is 18.6. The lowest BCUT2D eigenvalue weighted by molar-refractivity contribution is -0.693.